The number of hydrogen-bond acceptors (Lipinski definition) is 3. The quantitative estimate of drug-likeness (QED) is 0.663. The standard InChI is InChI=1S/C16H31NO2/c1-5-16(4,6-2)10-12-17-11-8-9-14(13-17)15(18)19-7-3/h14H,5-13H2,1-4H3. The first-order valence-corrected chi connectivity index (χ1v) is 7.93. The average molecular weight is 269 g/mol. The summed E-state index contributed by atoms with van der Waals surface area (Å²) in [6.45, 7) is 12.5. The lowest BCUT2D eigenvalue weighted by Gasteiger charge is -2.35. The van der Waals surface area contributed by atoms with Gasteiger partial charge in [0.1, 0.15) is 0 Å². The van der Waals surface area contributed by atoms with Crippen molar-refractivity contribution in [1.29, 1.82) is 0 Å². The van der Waals surface area contributed by atoms with Crippen LogP contribution in [-0.4, -0.2) is 37.1 Å². The minimum Gasteiger partial charge on any atom is -0.466 e. The second-order valence-corrected chi connectivity index (χ2v) is 6.16. The molecule has 1 aliphatic heterocycles. The minimum atomic E-state index is 0.000875. The highest BCUT2D eigenvalue weighted by atomic mass is 16.5. The molecule has 1 saturated heterocycles. The summed E-state index contributed by atoms with van der Waals surface area (Å²) in [5, 5.41) is 0. The highest BCUT2D eigenvalue weighted by Crippen LogP contribution is 2.30. The summed E-state index contributed by atoms with van der Waals surface area (Å²) < 4.78 is 5.15. The van der Waals surface area contributed by atoms with Crippen LogP contribution in [0.3, 0.4) is 0 Å². The van der Waals surface area contributed by atoms with E-state index in [1.165, 1.54) is 19.3 Å². The van der Waals surface area contributed by atoms with Crippen LogP contribution < -0.4 is 0 Å². The highest BCUT2D eigenvalue weighted by molar-refractivity contribution is 5.72. The highest BCUT2D eigenvalue weighted by Gasteiger charge is 2.28. The SMILES string of the molecule is CCOC(=O)C1CCCN(CCC(C)(CC)CC)C1. The van der Waals surface area contributed by atoms with Gasteiger partial charge < -0.3 is 9.64 Å². The van der Waals surface area contributed by atoms with Crippen LogP contribution in [0.25, 0.3) is 0 Å². The molecule has 3 nitrogen and oxygen atoms in total. The molecule has 0 aliphatic carbocycles. The summed E-state index contributed by atoms with van der Waals surface area (Å²) in [5.74, 6) is 0.101. The summed E-state index contributed by atoms with van der Waals surface area (Å²) in [5.41, 5.74) is 0.455. The molecule has 0 radical (unpaired) electrons. The molecule has 0 saturated carbocycles. The summed E-state index contributed by atoms with van der Waals surface area (Å²) in [7, 11) is 0. The molecule has 0 aromatic rings. The molecular weight excluding hydrogens is 238 g/mol. The number of rotatable bonds is 7. The molecule has 1 rings (SSSR count). The van der Waals surface area contributed by atoms with Crippen molar-refractivity contribution < 1.29 is 9.53 Å². The molecule has 0 spiro atoms. The molecular formula is C16H31NO2. The zero-order chi connectivity index (χ0) is 14.3. The molecule has 3 heteroatoms. The Labute approximate surface area is 118 Å². The third-order valence-corrected chi connectivity index (χ3v) is 4.86. The number of carbonyl (C=O) groups excluding carboxylic acids is 1. The molecule has 1 unspecified atom stereocenters. The molecule has 0 aromatic carbocycles. The number of nitrogens with zero attached hydrogens (tertiary/aromatic N) is 1. The van der Waals surface area contributed by atoms with Crippen molar-refractivity contribution in [2.75, 3.05) is 26.2 Å². The second-order valence-electron chi connectivity index (χ2n) is 6.16. The van der Waals surface area contributed by atoms with E-state index in [1.54, 1.807) is 0 Å². The predicted molar refractivity (Wildman–Crippen MR) is 79.1 cm³/mol. The predicted octanol–water partition coefficient (Wildman–Crippen LogP) is 3.48. The van der Waals surface area contributed by atoms with E-state index in [0.29, 0.717) is 12.0 Å². The minimum absolute atomic E-state index is 0.000875. The van der Waals surface area contributed by atoms with Gasteiger partial charge in [0.2, 0.25) is 0 Å². The summed E-state index contributed by atoms with van der Waals surface area (Å²) in [6, 6.07) is 0. The Balaban J connectivity index is 2.40. The topological polar surface area (TPSA) is 29.5 Å². The molecule has 112 valence electrons. The Hall–Kier alpha value is -0.570. The van der Waals surface area contributed by atoms with Gasteiger partial charge in [0.05, 0.1) is 12.5 Å². The van der Waals surface area contributed by atoms with Crippen molar-refractivity contribution in [2.24, 2.45) is 11.3 Å². The maximum Gasteiger partial charge on any atom is 0.310 e. The fourth-order valence-corrected chi connectivity index (χ4v) is 2.74. The largest absolute Gasteiger partial charge is 0.466 e. The fraction of sp³-hybridized carbons (Fsp3) is 0.938. The summed E-state index contributed by atoms with van der Waals surface area (Å²) in [4.78, 5) is 14.3. The number of hydrogen-bond donors (Lipinski definition) is 0. The van der Waals surface area contributed by atoms with Crippen molar-refractivity contribution in [1.82, 2.24) is 4.90 Å². The molecule has 0 bridgehead atoms. The Morgan fingerprint density at radius 2 is 2.00 bits per heavy atom. The third kappa shape index (κ3) is 5.13. The van der Waals surface area contributed by atoms with Crippen LogP contribution in [0.4, 0.5) is 0 Å². The van der Waals surface area contributed by atoms with E-state index >= 15 is 0 Å². The zero-order valence-electron chi connectivity index (χ0n) is 13.2. The van der Waals surface area contributed by atoms with Crippen molar-refractivity contribution in [3.8, 4) is 0 Å². The second kappa shape index (κ2) is 7.88. The molecule has 0 aromatic heterocycles. The summed E-state index contributed by atoms with van der Waals surface area (Å²) in [6.07, 6.45) is 5.82. The lowest BCUT2D eigenvalue weighted by molar-refractivity contribution is -0.149. The first-order valence-electron chi connectivity index (χ1n) is 7.93. The smallest absolute Gasteiger partial charge is 0.310 e. The van der Waals surface area contributed by atoms with Crippen LogP contribution >= 0.6 is 0 Å². The molecule has 1 heterocycles. The van der Waals surface area contributed by atoms with Gasteiger partial charge >= 0.3 is 5.97 Å². The van der Waals surface area contributed by atoms with Gasteiger partial charge in [0.15, 0.2) is 0 Å². The van der Waals surface area contributed by atoms with Gasteiger partial charge in [-0.05, 0) is 44.7 Å². The van der Waals surface area contributed by atoms with Crippen molar-refractivity contribution >= 4 is 5.97 Å². The molecule has 1 atom stereocenters. The average Bonchev–Trinajstić information content (AvgIpc) is 2.45. The molecule has 0 amide bonds. The molecule has 1 aliphatic rings. The first-order chi connectivity index (χ1) is 9.04. The summed E-state index contributed by atoms with van der Waals surface area (Å²) >= 11 is 0. The van der Waals surface area contributed by atoms with Crippen LogP contribution in [0, 0.1) is 11.3 Å². The van der Waals surface area contributed by atoms with E-state index in [9.17, 15) is 4.79 Å². The van der Waals surface area contributed by atoms with E-state index in [2.05, 4.69) is 25.7 Å². The van der Waals surface area contributed by atoms with E-state index in [0.717, 1.165) is 32.5 Å². The van der Waals surface area contributed by atoms with Crippen LogP contribution in [-0.2, 0) is 9.53 Å². The number of piperidine rings is 1. The van der Waals surface area contributed by atoms with Crippen LogP contribution in [0.5, 0.6) is 0 Å². The monoisotopic (exact) mass is 269 g/mol. The van der Waals surface area contributed by atoms with Crippen molar-refractivity contribution in [3.05, 3.63) is 0 Å². The first kappa shape index (κ1) is 16.5. The number of likely N-dealkylation sites (tertiary alicyclic amines) is 1. The van der Waals surface area contributed by atoms with Crippen molar-refractivity contribution in [3.63, 3.8) is 0 Å². The normalized spacial score (nSPS) is 21.4. The van der Waals surface area contributed by atoms with Gasteiger partial charge in [-0.15, -0.1) is 0 Å². The van der Waals surface area contributed by atoms with Gasteiger partial charge in [-0.25, -0.2) is 0 Å². The van der Waals surface area contributed by atoms with E-state index < -0.39 is 0 Å². The van der Waals surface area contributed by atoms with E-state index in [1.807, 2.05) is 6.92 Å². The van der Waals surface area contributed by atoms with Crippen LogP contribution in [0.2, 0.25) is 0 Å². The van der Waals surface area contributed by atoms with Gasteiger partial charge in [0, 0.05) is 6.54 Å². The molecule has 1 fully saturated rings. The number of carbonyl (C=O) groups is 1. The number of ether oxygens (including phenoxy) is 1. The van der Waals surface area contributed by atoms with Gasteiger partial charge in [-0.2, -0.15) is 0 Å². The zero-order valence-corrected chi connectivity index (χ0v) is 13.2. The van der Waals surface area contributed by atoms with E-state index in [4.69, 9.17) is 4.74 Å². The van der Waals surface area contributed by atoms with E-state index in [-0.39, 0.29) is 11.9 Å². The Morgan fingerprint density at radius 3 is 2.58 bits per heavy atom. The van der Waals surface area contributed by atoms with Crippen LogP contribution in [0.1, 0.15) is 59.8 Å². The lowest BCUT2D eigenvalue weighted by Crippen LogP contribution is -2.40. The Bertz CT molecular complexity index is 274. The molecule has 19 heavy (non-hydrogen) atoms. The molecule has 0 N–H and O–H groups in total. The van der Waals surface area contributed by atoms with Crippen LogP contribution in [0.15, 0.2) is 0 Å². The van der Waals surface area contributed by atoms with Gasteiger partial charge in [-0.3, -0.25) is 4.79 Å². The Kier molecular flexibility index (Phi) is 6.84. The van der Waals surface area contributed by atoms with Gasteiger partial charge in [-0.1, -0.05) is 33.6 Å². The maximum absolute atomic E-state index is 11.8. The fourth-order valence-electron chi connectivity index (χ4n) is 2.74. The van der Waals surface area contributed by atoms with Gasteiger partial charge in [0.25, 0.3) is 0 Å². The lowest BCUT2D eigenvalue weighted by atomic mass is 9.81. The number of esters is 1. The maximum atomic E-state index is 11.8. The Morgan fingerprint density at radius 1 is 1.32 bits per heavy atom. The third-order valence-electron chi connectivity index (χ3n) is 4.86. The van der Waals surface area contributed by atoms with Crippen molar-refractivity contribution in [2.45, 2.75) is 59.8 Å².